The fourth-order valence-electron chi connectivity index (χ4n) is 1.77. The first-order valence-corrected chi connectivity index (χ1v) is 7.27. The predicted octanol–water partition coefficient (Wildman–Crippen LogP) is 2.61. The molecule has 0 fully saturated rings. The fourth-order valence-corrected chi connectivity index (χ4v) is 1.77. The molecule has 2 rings (SSSR count). The number of carbonyl (C=O) groups is 1. The van der Waals surface area contributed by atoms with Crippen LogP contribution in [0.15, 0.2) is 42.6 Å². The highest BCUT2D eigenvalue weighted by Gasteiger charge is 2.28. The molecular weight excluding hydrogens is 339 g/mol. The smallest absolute Gasteiger partial charge is 0.422 e. The highest BCUT2D eigenvalue weighted by atomic mass is 19.4. The van der Waals surface area contributed by atoms with Crippen molar-refractivity contribution >= 4 is 11.6 Å². The summed E-state index contributed by atoms with van der Waals surface area (Å²) in [6, 6.07) is 9.18. The Balaban J connectivity index is 1.92. The minimum absolute atomic E-state index is 0.183. The molecule has 0 saturated carbocycles. The topological polar surface area (TPSA) is 86.5 Å². The van der Waals surface area contributed by atoms with Crippen molar-refractivity contribution in [2.75, 3.05) is 25.1 Å². The number of halogens is 3. The van der Waals surface area contributed by atoms with E-state index < -0.39 is 18.7 Å². The van der Waals surface area contributed by atoms with Crippen LogP contribution in [0, 0.1) is 0 Å². The first-order valence-electron chi connectivity index (χ1n) is 7.27. The summed E-state index contributed by atoms with van der Waals surface area (Å²) in [7, 11) is 0. The SMILES string of the molecule is NCCOc1ccc(NC(=O)c2ccc(OCC(F)(F)F)nc2)cc1. The summed E-state index contributed by atoms with van der Waals surface area (Å²) < 4.78 is 46.0. The standard InChI is InChI=1S/C16H16F3N3O3/c17-16(18,19)10-25-14-6-1-11(9-21-14)15(23)22-12-2-4-13(5-3-12)24-8-7-20/h1-6,9H,7-8,10,20H2,(H,22,23). The lowest BCUT2D eigenvalue weighted by Gasteiger charge is -2.09. The highest BCUT2D eigenvalue weighted by molar-refractivity contribution is 6.04. The number of rotatable bonds is 7. The van der Waals surface area contributed by atoms with Crippen LogP contribution in [-0.4, -0.2) is 36.8 Å². The van der Waals surface area contributed by atoms with Crippen LogP contribution in [0.25, 0.3) is 0 Å². The van der Waals surface area contributed by atoms with Gasteiger partial charge in [0, 0.05) is 24.5 Å². The Bertz CT molecular complexity index is 689. The second-order valence-corrected chi connectivity index (χ2v) is 4.90. The minimum Gasteiger partial charge on any atom is -0.492 e. The van der Waals surface area contributed by atoms with E-state index >= 15 is 0 Å². The first kappa shape index (κ1) is 18.5. The van der Waals surface area contributed by atoms with Crippen LogP contribution in [0.3, 0.4) is 0 Å². The van der Waals surface area contributed by atoms with Gasteiger partial charge in [-0.3, -0.25) is 4.79 Å². The van der Waals surface area contributed by atoms with Crippen LogP contribution >= 0.6 is 0 Å². The van der Waals surface area contributed by atoms with Crippen molar-refractivity contribution in [2.45, 2.75) is 6.18 Å². The minimum atomic E-state index is -4.45. The summed E-state index contributed by atoms with van der Waals surface area (Å²) in [5.74, 6) is -0.0444. The third kappa shape index (κ3) is 6.30. The number of anilines is 1. The second kappa shape index (κ2) is 8.34. The fraction of sp³-hybridized carbons (Fsp3) is 0.250. The number of carbonyl (C=O) groups excluding carboxylic acids is 1. The highest BCUT2D eigenvalue weighted by Crippen LogP contribution is 2.18. The van der Waals surface area contributed by atoms with Gasteiger partial charge >= 0.3 is 6.18 Å². The van der Waals surface area contributed by atoms with Crippen LogP contribution in [0.5, 0.6) is 11.6 Å². The lowest BCUT2D eigenvalue weighted by molar-refractivity contribution is -0.154. The van der Waals surface area contributed by atoms with E-state index in [1.54, 1.807) is 24.3 Å². The molecule has 0 aliphatic rings. The van der Waals surface area contributed by atoms with Crippen molar-refractivity contribution < 1.29 is 27.4 Å². The molecular formula is C16H16F3N3O3. The van der Waals surface area contributed by atoms with Crippen LogP contribution in [0.4, 0.5) is 18.9 Å². The predicted molar refractivity (Wildman–Crippen MR) is 84.7 cm³/mol. The average molecular weight is 355 g/mol. The number of pyridine rings is 1. The Labute approximate surface area is 141 Å². The molecule has 0 radical (unpaired) electrons. The molecule has 3 N–H and O–H groups in total. The van der Waals surface area contributed by atoms with Gasteiger partial charge in [0.2, 0.25) is 5.88 Å². The summed E-state index contributed by atoms with van der Waals surface area (Å²) in [6.45, 7) is -0.654. The molecule has 1 amide bonds. The molecule has 6 nitrogen and oxygen atoms in total. The van der Waals surface area contributed by atoms with Gasteiger partial charge in [-0.1, -0.05) is 0 Å². The Hall–Kier alpha value is -2.81. The Morgan fingerprint density at radius 1 is 1.12 bits per heavy atom. The summed E-state index contributed by atoms with van der Waals surface area (Å²) in [6.07, 6.45) is -3.31. The first-order chi connectivity index (χ1) is 11.9. The number of benzene rings is 1. The molecule has 0 saturated heterocycles. The van der Waals surface area contributed by atoms with Crippen molar-refractivity contribution in [1.82, 2.24) is 4.98 Å². The van der Waals surface area contributed by atoms with E-state index in [9.17, 15) is 18.0 Å². The number of alkyl halides is 3. The number of hydrogen-bond acceptors (Lipinski definition) is 5. The van der Waals surface area contributed by atoms with Gasteiger partial charge in [0.1, 0.15) is 12.4 Å². The number of nitrogens with one attached hydrogen (secondary N) is 1. The van der Waals surface area contributed by atoms with Gasteiger partial charge in [0.25, 0.3) is 5.91 Å². The normalized spacial score (nSPS) is 11.0. The van der Waals surface area contributed by atoms with Gasteiger partial charge in [-0.15, -0.1) is 0 Å². The van der Waals surface area contributed by atoms with Gasteiger partial charge in [0.05, 0.1) is 5.56 Å². The maximum absolute atomic E-state index is 12.1. The Morgan fingerprint density at radius 2 is 1.84 bits per heavy atom. The van der Waals surface area contributed by atoms with Gasteiger partial charge < -0.3 is 20.5 Å². The lowest BCUT2D eigenvalue weighted by Crippen LogP contribution is -2.19. The molecule has 1 aromatic heterocycles. The molecule has 0 atom stereocenters. The van der Waals surface area contributed by atoms with Crippen molar-refractivity contribution in [1.29, 1.82) is 0 Å². The molecule has 134 valence electrons. The lowest BCUT2D eigenvalue weighted by atomic mass is 10.2. The molecule has 0 unspecified atom stereocenters. The number of nitrogens with zero attached hydrogens (tertiary/aromatic N) is 1. The Morgan fingerprint density at radius 3 is 2.40 bits per heavy atom. The van der Waals surface area contributed by atoms with E-state index in [1.165, 1.54) is 12.1 Å². The maximum atomic E-state index is 12.1. The van der Waals surface area contributed by atoms with Crippen molar-refractivity contribution in [3.63, 3.8) is 0 Å². The molecule has 2 aromatic rings. The molecule has 25 heavy (non-hydrogen) atoms. The summed E-state index contributed by atoms with van der Waals surface area (Å²) in [4.78, 5) is 15.8. The molecule has 1 heterocycles. The summed E-state index contributed by atoms with van der Waals surface area (Å²) in [5, 5.41) is 2.64. The molecule has 1 aromatic carbocycles. The average Bonchev–Trinajstić information content (AvgIpc) is 2.59. The van der Waals surface area contributed by atoms with E-state index in [-0.39, 0.29) is 11.4 Å². The van der Waals surface area contributed by atoms with Crippen molar-refractivity contribution in [3.05, 3.63) is 48.2 Å². The van der Waals surface area contributed by atoms with E-state index in [1.807, 2.05) is 0 Å². The van der Waals surface area contributed by atoms with E-state index in [0.29, 0.717) is 24.6 Å². The zero-order valence-electron chi connectivity index (χ0n) is 13.0. The van der Waals surface area contributed by atoms with Gasteiger partial charge in [0.15, 0.2) is 6.61 Å². The number of aromatic nitrogens is 1. The second-order valence-electron chi connectivity index (χ2n) is 4.90. The van der Waals surface area contributed by atoms with Gasteiger partial charge in [-0.25, -0.2) is 4.98 Å². The molecule has 0 aliphatic carbocycles. The van der Waals surface area contributed by atoms with Gasteiger partial charge in [-0.2, -0.15) is 13.2 Å². The van der Waals surface area contributed by atoms with Crippen molar-refractivity contribution in [2.24, 2.45) is 5.73 Å². The van der Waals surface area contributed by atoms with Crippen LogP contribution in [0.1, 0.15) is 10.4 Å². The third-order valence-electron chi connectivity index (χ3n) is 2.88. The summed E-state index contributed by atoms with van der Waals surface area (Å²) in [5.41, 5.74) is 6.05. The van der Waals surface area contributed by atoms with Crippen LogP contribution < -0.4 is 20.5 Å². The molecule has 0 spiro atoms. The molecule has 0 bridgehead atoms. The van der Waals surface area contributed by atoms with E-state index in [4.69, 9.17) is 10.5 Å². The number of nitrogens with two attached hydrogens (primary N) is 1. The van der Waals surface area contributed by atoms with E-state index in [2.05, 4.69) is 15.0 Å². The number of ether oxygens (including phenoxy) is 2. The zero-order valence-corrected chi connectivity index (χ0v) is 13.0. The van der Waals surface area contributed by atoms with E-state index in [0.717, 1.165) is 6.20 Å². The maximum Gasteiger partial charge on any atom is 0.422 e. The van der Waals surface area contributed by atoms with Gasteiger partial charge in [-0.05, 0) is 30.3 Å². The third-order valence-corrected chi connectivity index (χ3v) is 2.88. The van der Waals surface area contributed by atoms with Crippen LogP contribution in [0.2, 0.25) is 0 Å². The number of amides is 1. The zero-order chi connectivity index (χ0) is 18.3. The Kier molecular flexibility index (Phi) is 6.18. The summed E-state index contributed by atoms with van der Waals surface area (Å²) >= 11 is 0. The monoisotopic (exact) mass is 355 g/mol. The largest absolute Gasteiger partial charge is 0.492 e. The van der Waals surface area contributed by atoms with Crippen LogP contribution in [-0.2, 0) is 0 Å². The number of hydrogen-bond donors (Lipinski definition) is 2. The molecule has 0 aliphatic heterocycles. The quantitative estimate of drug-likeness (QED) is 0.797. The molecule has 9 heteroatoms. The van der Waals surface area contributed by atoms with Crippen molar-refractivity contribution in [3.8, 4) is 11.6 Å².